The smallest absolute Gasteiger partial charge is 0.326 e. The van der Waals surface area contributed by atoms with Gasteiger partial charge in [0.15, 0.2) is 5.82 Å². The molecule has 0 saturated carbocycles. The van der Waals surface area contributed by atoms with Crippen molar-refractivity contribution in [3.8, 4) is 11.4 Å². The van der Waals surface area contributed by atoms with E-state index in [-0.39, 0.29) is 24.6 Å². The summed E-state index contributed by atoms with van der Waals surface area (Å²) in [5.74, 6) is 0.712. The first-order valence-corrected chi connectivity index (χ1v) is 12.3. The number of halogens is 1. The lowest BCUT2D eigenvalue weighted by Gasteiger charge is -2.11. The molecule has 9 heteroatoms. The van der Waals surface area contributed by atoms with E-state index in [1.165, 1.54) is 12.1 Å². The second-order valence-corrected chi connectivity index (χ2v) is 8.97. The fourth-order valence-electron chi connectivity index (χ4n) is 4.82. The highest BCUT2D eigenvalue weighted by Gasteiger charge is 2.19. The van der Waals surface area contributed by atoms with E-state index in [9.17, 15) is 14.0 Å². The Bertz CT molecular complexity index is 1430. The molecule has 0 unspecified atom stereocenters. The zero-order valence-electron chi connectivity index (χ0n) is 19.8. The molecule has 0 fully saturated rings. The molecule has 0 radical (unpaired) electrons. The van der Waals surface area contributed by atoms with Crippen molar-refractivity contribution in [2.75, 3.05) is 5.32 Å². The third kappa shape index (κ3) is 4.50. The molecule has 0 bridgehead atoms. The van der Waals surface area contributed by atoms with Gasteiger partial charge in [0.25, 0.3) is 0 Å². The van der Waals surface area contributed by atoms with Crippen molar-refractivity contribution >= 4 is 22.6 Å². The van der Waals surface area contributed by atoms with Crippen LogP contribution in [0.25, 0.3) is 22.4 Å². The van der Waals surface area contributed by atoms with Gasteiger partial charge in [0.1, 0.15) is 11.6 Å². The van der Waals surface area contributed by atoms with Crippen LogP contribution in [-0.4, -0.2) is 29.8 Å². The standard InChI is InChI=1S/C26H29FN6O2/c1-2-14-31-21-8-5-6-9-22(21)32(26(31)35)16-13-24(34)28-18-11-12-20(27)19(17-18)25-30-29-23-10-4-3-7-15-33(23)25/h5-6,8-9,11-12,17H,2-4,7,10,13-16H2,1H3,(H,28,34). The molecule has 182 valence electrons. The molecule has 1 aliphatic heterocycles. The first kappa shape index (κ1) is 23.0. The van der Waals surface area contributed by atoms with Crippen LogP contribution in [0, 0.1) is 5.82 Å². The molecule has 3 heterocycles. The highest BCUT2D eigenvalue weighted by Crippen LogP contribution is 2.27. The minimum atomic E-state index is -0.405. The summed E-state index contributed by atoms with van der Waals surface area (Å²) in [6.45, 7) is 3.67. The highest BCUT2D eigenvalue weighted by atomic mass is 19.1. The van der Waals surface area contributed by atoms with Gasteiger partial charge in [-0.1, -0.05) is 25.5 Å². The number of aromatic nitrogens is 5. The number of hydrogen-bond acceptors (Lipinski definition) is 4. The maximum Gasteiger partial charge on any atom is 0.329 e. The average molecular weight is 477 g/mol. The highest BCUT2D eigenvalue weighted by molar-refractivity contribution is 5.91. The molecule has 35 heavy (non-hydrogen) atoms. The van der Waals surface area contributed by atoms with Crippen LogP contribution >= 0.6 is 0 Å². The third-order valence-corrected chi connectivity index (χ3v) is 6.54. The van der Waals surface area contributed by atoms with E-state index < -0.39 is 5.82 Å². The van der Waals surface area contributed by atoms with Gasteiger partial charge in [-0.05, 0) is 49.6 Å². The Morgan fingerprint density at radius 3 is 2.57 bits per heavy atom. The number of amides is 1. The third-order valence-electron chi connectivity index (χ3n) is 6.54. The minimum absolute atomic E-state index is 0.114. The number of anilines is 1. The van der Waals surface area contributed by atoms with E-state index in [4.69, 9.17) is 0 Å². The fourth-order valence-corrected chi connectivity index (χ4v) is 4.82. The molecule has 2 aromatic heterocycles. The first-order chi connectivity index (χ1) is 17.1. The second kappa shape index (κ2) is 9.85. The molecule has 1 amide bonds. The molecule has 0 saturated heterocycles. The Morgan fingerprint density at radius 1 is 1.03 bits per heavy atom. The van der Waals surface area contributed by atoms with Crippen LogP contribution in [0.3, 0.4) is 0 Å². The number of rotatable bonds is 7. The van der Waals surface area contributed by atoms with Crippen molar-refractivity contribution in [2.24, 2.45) is 0 Å². The van der Waals surface area contributed by atoms with Crippen LogP contribution in [-0.2, 0) is 30.8 Å². The van der Waals surface area contributed by atoms with E-state index in [0.29, 0.717) is 23.6 Å². The van der Waals surface area contributed by atoms with E-state index in [1.807, 2.05) is 35.8 Å². The first-order valence-electron chi connectivity index (χ1n) is 12.3. The Kier molecular flexibility index (Phi) is 6.48. The van der Waals surface area contributed by atoms with Crippen molar-refractivity contribution < 1.29 is 9.18 Å². The number of imidazole rings is 1. The molecular weight excluding hydrogens is 447 g/mol. The summed E-state index contributed by atoms with van der Waals surface area (Å²) in [6, 6.07) is 12.1. The van der Waals surface area contributed by atoms with Crippen LogP contribution in [0.2, 0.25) is 0 Å². The van der Waals surface area contributed by atoms with Crippen molar-refractivity contribution in [1.82, 2.24) is 23.9 Å². The van der Waals surface area contributed by atoms with E-state index >= 15 is 0 Å². The van der Waals surface area contributed by atoms with Crippen LogP contribution in [0.1, 0.15) is 44.9 Å². The van der Waals surface area contributed by atoms with Crippen molar-refractivity contribution in [2.45, 2.75) is 65.1 Å². The summed E-state index contributed by atoms with van der Waals surface area (Å²) in [5, 5.41) is 11.4. The molecular formula is C26H29FN6O2. The number of carbonyl (C=O) groups is 1. The predicted molar refractivity (Wildman–Crippen MR) is 133 cm³/mol. The Hall–Kier alpha value is -3.75. The number of benzene rings is 2. The van der Waals surface area contributed by atoms with Gasteiger partial charge in [0.05, 0.1) is 16.6 Å². The van der Waals surface area contributed by atoms with Crippen molar-refractivity contribution in [1.29, 1.82) is 0 Å². The largest absolute Gasteiger partial charge is 0.329 e. The molecule has 0 atom stereocenters. The van der Waals surface area contributed by atoms with Gasteiger partial charge in [-0.2, -0.15) is 0 Å². The molecule has 8 nitrogen and oxygen atoms in total. The molecule has 0 spiro atoms. The number of fused-ring (bicyclic) bond motifs is 2. The maximum absolute atomic E-state index is 14.7. The summed E-state index contributed by atoms with van der Waals surface area (Å²) in [6.07, 6.45) is 4.96. The van der Waals surface area contributed by atoms with Gasteiger partial charge >= 0.3 is 5.69 Å². The number of nitrogens with one attached hydrogen (secondary N) is 1. The fraction of sp³-hybridized carbons (Fsp3) is 0.385. The summed E-state index contributed by atoms with van der Waals surface area (Å²) < 4.78 is 20.1. The Morgan fingerprint density at radius 2 is 1.80 bits per heavy atom. The molecule has 4 aromatic rings. The summed E-state index contributed by atoms with van der Waals surface area (Å²) in [4.78, 5) is 25.7. The number of hydrogen-bond donors (Lipinski definition) is 1. The van der Waals surface area contributed by atoms with Crippen molar-refractivity contribution in [3.63, 3.8) is 0 Å². The summed E-state index contributed by atoms with van der Waals surface area (Å²) >= 11 is 0. The Balaban J connectivity index is 1.34. The van der Waals surface area contributed by atoms with Gasteiger partial charge in [-0.25, -0.2) is 9.18 Å². The van der Waals surface area contributed by atoms with E-state index in [0.717, 1.165) is 55.5 Å². The summed E-state index contributed by atoms with van der Waals surface area (Å²) in [7, 11) is 0. The molecule has 1 aliphatic rings. The Labute approximate surface area is 202 Å². The lowest BCUT2D eigenvalue weighted by atomic mass is 10.1. The van der Waals surface area contributed by atoms with E-state index in [1.54, 1.807) is 15.2 Å². The lowest BCUT2D eigenvalue weighted by Crippen LogP contribution is -2.26. The lowest BCUT2D eigenvalue weighted by molar-refractivity contribution is -0.116. The molecule has 2 aromatic carbocycles. The number of aryl methyl sites for hydroxylation is 3. The van der Waals surface area contributed by atoms with Crippen LogP contribution in [0.15, 0.2) is 47.3 Å². The maximum atomic E-state index is 14.7. The molecule has 1 N–H and O–H groups in total. The normalized spacial score (nSPS) is 13.5. The molecule has 5 rings (SSSR count). The van der Waals surface area contributed by atoms with Gasteiger partial charge in [-0.3, -0.25) is 13.9 Å². The zero-order valence-corrected chi connectivity index (χ0v) is 19.8. The predicted octanol–water partition coefficient (Wildman–Crippen LogP) is 4.37. The van der Waals surface area contributed by atoms with Crippen LogP contribution in [0.5, 0.6) is 0 Å². The summed E-state index contributed by atoms with van der Waals surface area (Å²) in [5.41, 5.74) is 2.38. The quantitative estimate of drug-likeness (QED) is 0.429. The van der Waals surface area contributed by atoms with Crippen LogP contribution in [0.4, 0.5) is 10.1 Å². The van der Waals surface area contributed by atoms with Gasteiger partial charge in [-0.15, -0.1) is 10.2 Å². The monoisotopic (exact) mass is 476 g/mol. The number of nitrogens with zero attached hydrogens (tertiary/aromatic N) is 5. The number of carbonyl (C=O) groups excluding carboxylic acids is 1. The van der Waals surface area contributed by atoms with Gasteiger partial charge < -0.3 is 9.88 Å². The van der Waals surface area contributed by atoms with Gasteiger partial charge in [0.2, 0.25) is 5.91 Å². The second-order valence-electron chi connectivity index (χ2n) is 8.97. The van der Waals surface area contributed by atoms with Gasteiger partial charge in [0, 0.05) is 38.2 Å². The SMILES string of the molecule is CCCn1c(=O)n(CCC(=O)Nc2ccc(F)c(-c3nnc4n3CCCCC4)c2)c2ccccc21. The molecule has 0 aliphatic carbocycles. The van der Waals surface area contributed by atoms with Crippen molar-refractivity contribution in [3.05, 3.63) is 64.6 Å². The minimum Gasteiger partial charge on any atom is -0.326 e. The zero-order chi connectivity index (χ0) is 24.4. The average Bonchev–Trinajstić information content (AvgIpc) is 3.27. The topological polar surface area (TPSA) is 86.7 Å². The van der Waals surface area contributed by atoms with E-state index in [2.05, 4.69) is 15.5 Å². The van der Waals surface area contributed by atoms with Crippen LogP contribution < -0.4 is 11.0 Å². The number of para-hydroxylation sites is 2.